The fraction of sp³-hybridized carbons (Fsp3) is 0.250. The van der Waals surface area contributed by atoms with E-state index in [2.05, 4.69) is 64.7 Å². The highest BCUT2D eigenvalue weighted by Gasteiger charge is 2.09. The molecule has 3 rings (SSSR count). The molecule has 2 N–H and O–H groups in total. The van der Waals surface area contributed by atoms with Gasteiger partial charge in [-0.1, -0.05) is 6.07 Å². The molecule has 2 aromatic heterocycles. The zero-order valence-corrected chi connectivity index (χ0v) is 16.5. The number of carbonyl (C=O) groups excluding carboxylic acids is 1. The molecule has 3 aromatic rings. The summed E-state index contributed by atoms with van der Waals surface area (Å²) in [5, 5.41) is 16.1. The Morgan fingerprint density at radius 2 is 1.81 bits per heavy atom. The number of rotatable bonds is 7. The number of hydrogen-bond acceptors (Lipinski definition) is 6. The van der Waals surface area contributed by atoms with Crippen LogP contribution < -0.4 is 15.5 Å². The van der Waals surface area contributed by atoms with Gasteiger partial charge in [0.15, 0.2) is 11.6 Å². The summed E-state index contributed by atoms with van der Waals surface area (Å²) in [7, 11) is 0. The minimum absolute atomic E-state index is 0.178. The van der Waals surface area contributed by atoms with Crippen LogP contribution in [0.25, 0.3) is 0 Å². The predicted octanol–water partition coefficient (Wildman–Crippen LogP) is 4.69. The topological polar surface area (TPSA) is 70.2 Å². The fourth-order valence-corrected chi connectivity index (χ4v) is 3.38. The van der Waals surface area contributed by atoms with E-state index in [9.17, 15) is 4.79 Å². The van der Waals surface area contributed by atoms with E-state index in [0.29, 0.717) is 16.5 Å². The number of amides is 1. The van der Waals surface area contributed by atoms with Crippen molar-refractivity contribution in [3.63, 3.8) is 0 Å². The fourth-order valence-electron chi connectivity index (χ4n) is 2.76. The summed E-state index contributed by atoms with van der Waals surface area (Å²) in [6.45, 7) is 8.33. The minimum atomic E-state index is -0.178. The minimum Gasteiger partial charge on any atom is -0.372 e. The Labute approximate surface area is 163 Å². The van der Waals surface area contributed by atoms with Crippen LogP contribution in [0, 0.1) is 6.92 Å². The second-order valence-electron chi connectivity index (χ2n) is 6.03. The van der Waals surface area contributed by atoms with Crippen molar-refractivity contribution in [1.82, 2.24) is 10.2 Å². The lowest BCUT2D eigenvalue weighted by atomic mass is 10.1. The number of benzene rings is 1. The standard InChI is InChI=1S/C20H23N5OS/c1-4-25(5-2)15-8-9-16(14(3)13-15)21-18-10-11-19(24-23-18)22-20(26)17-7-6-12-27-17/h6-13H,4-5H2,1-3H3,(H,21,23)(H,22,24,26). The van der Waals surface area contributed by atoms with Gasteiger partial charge in [0.25, 0.3) is 5.91 Å². The highest BCUT2D eigenvalue weighted by molar-refractivity contribution is 7.12. The monoisotopic (exact) mass is 381 g/mol. The van der Waals surface area contributed by atoms with Gasteiger partial charge in [-0.25, -0.2) is 0 Å². The molecule has 140 valence electrons. The number of carbonyl (C=O) groups is 1. The second kappa shape index (κ2) is 8.64. The molecule has 0 atom stereocenters. The molecular weight excluding hydrogens is 358 g/mol. The molecule has 0 bridgehead atoms. The number of aromatic nitrogens is 2. The lowest BCUT2D eigenvalue weighted by molar-refractivity contribution is 0.103. The molecule has 0 spiro atoms. The molecule has 0 unspecified atom stereocenters. The van der Waals surface area contributed by atoms with Crippen LogP contribution in [0.2, 0.25) is 0 Å². The number of nitrogens with zero attached hydrogens (tertiary/aromatic N) is 3. The summed E-state index contributed by atoms with van der Waals surface area (Å²) in [5.41, 5.74) is 3.33. The van der Waals surface area contributed by atoms with Crippen molar-refractivity contribution in [1.29, 1.82) is 0 Å². The van der Waals surface area contributed by atoms with Gasteiger partial charge in [0.1, 0.15) is 0 Å². The molecule has 1 aromatic carbocycles. The van der Waals surface area contributed by atoms with Crippen LogP contribution in [0.3, 0.4) is 0 Å². The Morgan fingerprint density at radius 3 is 2.41 bits per heavy atom. The molecule has 2 heterocycles. The molecule has 0 saturated carbocycles. The Kier molecular flexibility index (Phi) is 6.03. The van der Waals surface area contributed by atoms with E-state index in [1.165, 1.54) is 17.0 Å². The average molecular weight is 382 g/mol. The first-order valence-electron chi connectivity index (χ1n) is 8.92. The van der Waals surface area contributed by atoms with Crippen LogP contribution in [-0.4, -0.2) is 29.2 Å². The summed E-state index contributed by atoms with van der Waals surface area (Å²) in [5.74, 6) is 0.873. The average Bonchev–Trinajstić information content (AvgIpc) is 3.21. The number of hydrogen-bond donors (Lipinski definition) is 2. The van der Waals surface area contributed by atoms with E-state index in [1.54, 1.807) is 18.2 Å². The molecule has 0 aliphatic rings. The summed E-state index contributed by atoms with van der Waals surface area (Å²) in [6, 6.07) is 13.5. The van der Waals surface area contributed by atoms with Gasteiger partial charge < -0.3 is 15.5 Å². The first-order chi connectivity index (χ1) is 13.1. The van der Waals surface area contributed by atoms with Crippen molar-refractivity contribution in [3.05, 3.63) is 58.3 Å². The third-order valence-electron chi connectivity index (χ3n) is 4.25. The van der Waals surface area contributed by atoms with E-state index in [4.69, 9.17) is 0 Å². The van der Waals surface area contributed by atoms with Gasteiger partial charge in [-0.15, -0.1) is 21.5 Å². The van der Waals surface area contributed by atoms with E-state index in [-0.39, 0.29) is 5.91 Å². The molecule has 0 saturated heterocycles. The van der Waals surface area contributed by atoms with E-state index >= 15 is 0 Å². The zero-order valence-electron chi connectivity index (χ0n) is 15.7. The molecular formula is C20H23N5OS. The Hall–Kier alpha value is -2.93. The van der Waals surface area contributed by atoms with Crippen LogP contribution in [-0.2, 0) is 0 Å². The van der Waals surface area contributed by atoms with Gasteiger partial charge in [0.2, 0.25) is 0 Å². The van der Waals surface area contributed by atoms with Crippen molar-refractivity contribution >= 4 is 40.3 Å². The van der Waals surface area contributed by atoms with Crippen molar-refractivity contribution in [2.45, 2.75) is 20.8 Å². The Morgan fingerprint density at radius 1 is 1.07 bits per heavy atom. The molecule has 7 heteroatoms. The molecule has 0 aliphatic carbocycles. The summed E-state index contributed by atoms with van der Waals surface area (Å²) < 4.78 is 0. The molecule has 0 radical (unpaired) electrons. The maximum Gasteiger partial charge on any atom is 0.266 e. The van der Waals surface area contributed by atoms with Gasteiger partial charge in [-0.05, 0) is 68.1 Å². The van der Waals surface area contributed by atoms with Crippen molar-refractivity contribution < 1.29 is 4.79 Å². The van der Waals surface area contributed by atoms with Crippen LogP contribution in [0.15, 0.2) is 47.8 Å². The maximum atomic E-state index is 12.0. The first kappa shape index (κ1) is 18.8. The zero-order chi connectivity index (χ0) is 19.2. The summed E-state index contributed by atoms with van der Waals surface area (Å²) in [4.78, 5) is 15.0. The Bertz CT molecular complexity index is 889. The summed E-state index contributed by atoms with van der Waals surface area (Å²) in [6.07, 6.45) is 0. The Balaban J connectivity index is 1.67. The van der Waals surface area contributed by atoms with Gasteiger partial charge in [-0.3, -0.25) is 4.79 Å². The van der Waals surface area contributed by atoms with E-state index < -0.39 is 0 Å². The largest absolute Gasteiger partial charge is 0.372 e. The normalized spacial score (nSPS) is 10.5. The maximum absolute atomic E-state index is 12.0. The molecule has 0 aliphatic heterocycles. The van der Waals surface area contributed by atoms with E-state index in [1.807, 2.05) is 11.4 Å². The van der Waals surface area contributed by atoms with Crippen molar-refractivity contribution in [2.24, 2.45) is 0 Å². The quantitative estimate of drug-likeness (QED) is 0.621. The van der Waals surface area contributed by atoms with Crippen LogP contribution >= 0.6 is 11.3 Å². The highest BCUT2D eigenvalue weighted by Crippen LogP contribution is 2.25. The van der Waals surface area contributed by atoms with Crippen LogP contribution in [0.5, 0.6) is 0 Å². The lowest BCUT2D eigenvalue weighted by Gasteiger charge is -2.22. The highest BCUT2D eigenvalue weighted by atomic mass is 32.1. The van der Waals surface area contributed by atoms with Gasteiger partial charge in [0, 0.05) is 24.5 Å². The van der Waals surface area contributed by atoms with Crippen LogP contribution in [0.4, 0.5) is 23.0 Å². The molecule has 27 heavy (non-hydrogen) atoms. The van der Waals surface area contributed by atoms with E-state index in [0.717, 1.165) is 24.3 Å². The molecule has 6 nitrogen and oxygen atoms in total. The van der Waals surface area contributed by atoms with Gasteiger partial charge >= 0.3 is 0 Å². The second-order valence-corrected chi connectivity index (χ2v) is 6.98. The third-order valence-corrected chi connectivity index (χ3v) is 5.12. The van der Waals surface area contributed by atoms with Crippen molar-refractivity contribution in [2.75, 3.05) is 28.6 Å². The number of aryl methyl sites for hydroxylation is 1. The third kappa shape index (κ3) is 4.62. The van der Waals surface area contributed by atoms with Gasteiger partial charge in [-0.2, -0.15) is 0 Å². The van der Waals surface area contributed by atoms with Crippen molar-refractivity contribution in [3.8, 4) is 0 Å². The van der Waals surface area contributed by atoms with Crippen LogP contribution in [0.1, 0.15) is 29.1 Å². The smallest absolute Gasteiger partial charge is 0.266 e. The molecule has 0 fully saturated rings. The lowest BCUT2D eigenvalue weighted by Crippen LogP contribution is -2.21. The van der Waals surface area contributed by atoms with Gasteiger partial charge in [0.05, 0.1) is 4.88 Å². The number of anilines is 4. The summed E-state index contributed by atoms with van der Waals surface area (Å²) >= 11 is 1.39. The number of thiophene rings is 1. The number of nitrogens with one attached hydrogen (secondary N) is 2. The molecule has 1 amide bonds. The SMILES string of the molecule is CCN(CC)c1ccc(Nc2ccc(NC(=O)c3cccs3)nn2)c(C)c1. The predicted molar refractivity (Wildman–Crippen MR) is 112 cm³/mol. The first-order valence-corrected chi connectivity index (χ1v) is 9.80.